The molecule has 122 valence electrons. The van der Waals surface area contributed by atoms with Crippen LogP contribution in [0.25, 0.3) is 0 Å². The van der Waals surface area contributed by atoms with Crippen molar-refractivity contribution >= 4 is 24.2 Å². The summed E-state index contributed by atoms with van der Waals surface area (Å²) in [7, 11) is 0. The van der Waals surface area contributed by atoms with Gasteiger partial charge in [0, 0.05) is 25.3 Å². The molecule has 0 atom stereocenters. The summed E-state index contributed by atoms with van der Waals surface area (Å²) in [4.78, 5) is 23.0. The molecule has 0 aliphatic heterocycles. The molecule has 0 fully saturated rings. The van der Waals surface area contributed by atoms with Gasteiger partial charge in [-0.25, -0.2) is 10.9 Å². The van der Waals surface area contributed by atoms with Crippen LogP contribution in [0.2, 0.25) is 0 Å². The van der Waals surface area contributed by atoms with Crippen molar-refractivity contribution in [1.29, 1.82) is 0 Å². The summed E-state index contributed by atoms with van der Waals surface area (Å²) in [6, 6.07) is 19.3. The molecule has 0 unspecified atom stereocenters. The van der Waals surface area contributed by atoms with Crippen molar-refractivity contribution in [3.63, 3.8) is 0 Å². The molecule has 0 bridgehead atoms. The van der Waals surface area contributed by atoms with Crippen LogP contribution in [0.3, 0.4) is 0 Å². The van der Waals surface area contributed by atoms with Crippen molar-refractivity contribution in [3.05, 3.63) is 71.8 Å². The van der Waals surface area contributed by atoms with Crippen LogP contribution in [-0.4, -0.2) is 24.2 Å². The van der Waals surface area contributed by atoms with Gasteiger partial charge in [0.1, 0.15) is 0 Å². The Bertz CT molecular complexity index is 649. The lowest BCUT2D eigenvalue weighted by molar-refractivity contribution is -0.139. The fourth-order valence-corrected chi connectivity index (χ4v) is 1.84. The summed E-state index contributed by atoms with van der Waals surface area (Å²) in [5.41, 5.74) is 6.43. The van der Waals surface area contributed by atoms with Gasteiger partial charge in [-0.15, -0.1) is 0 Å². The van der Waals surface area contributed by atoms with Crippen LogP contribution >= 0.6 is 0 Å². The summed E-state index contributed by atoms with van der Waals surface area (Å²) in [5, 5.41) is 7.45. The fourth-order valence-electron chi connectivity index (χ4n) is 1.84. The highest BCUT2D eigenvalue weighted by Crippen LogP contribution is 1.97. The topological polar surface area (TPSA) is 82.9 Å². The van der Waals surface area contributed by atoms with Gasteiger partial charge in [-0.1, -0.05) is 60.7 Å². The molecular formula is C18H18N4O2. The smallest absolute Gasteiger partial charge is 0.262 e. The maximum Gasteiger partial charge on any atom is 0.331 e. The number of benzene rings is 2. The van der Waals surface area contributed by atoms with Gasteiger partial charge in [0.2, 0.25) is 0 Å². The van der Waals surface area contributed by atoms with Crippen LogP contribution in [-0.2, 0) is 22.4 Å². The second-order valence-electron chi connectivity index (χ2n) is 4.88. The summed E-state index contributed by atoms with van der Waals surface area (Å²) >= 11 is 0. The zero-order valence-corrected chi connectivity index (χ0v) is 13.1. The van der Waals surface area contributed by atoms with Crippen LogP contribution in [0.1, 0.15) is 11.1 Å². The lowest BCUT2D eigenvalue weighted by Crippen LogP contribution is -2.35. The first-order valence-corrected chi connectivity index (χ1v) is 7.47. The fraction of sp³-hybridized carbons (Fsp3) is 0.111. The Hall–Kier alpha value is -3.28. The molecule has 0 saturated heterocycles. The second kappa shape index (κ2) is 9.68. The maximum absolute atomic E-state index is 11.5. The number of hydrazone groups is 2. The average Bonchev–Trinajstić information content (AvgIpc) is 2.63. The predicted octanol–water partition coefficient (Wildman–Crippen LogP) is 1.68. The summed E-state index contributed by atoms with van der Waals surface area (Å²) < 4.78 is 0. The van der Waals surface area contributed by atoms with Gasteiger partial charge in [0.25, 0.3) is 0 Å². The molecule has 2 aromatic carbocycles. The number of nitrogens with one attached hydrogen (secondary N) is 2. The normalized spacial score (nSPS) is 10.8. The Morgan fingerprint density at radius 3 is 1.46 bits per heavy atom. The SMILES string of the molecule is O=C(N/N=C/Cc1ccccc1)C(=O)N/N=C/Cc1ccccc1. The standard InChI is InChI=1S/C18H18N4O2/c23-17(21-19-13-11-15-7-3-1-4-8-15)18(24)22-20-14-12-16-9-5-2-6-10-16/h1-10,13-14H,11-12H2,(H,21,23)(H,22,24)/b19-13+,20-14+. The molecule has 2 N–H and O–H groups in total. The molecule has 0 aliphatic rings. The predicted molar refractivity (Wildman–Crippen MR) is 93.6 cm³/mol. The Morgan fingerprint density at radius 2 is 1.08 bits per heavy atom. The largest absolute Gasteiger partial charge is 0.331 e. The highest BCUT2D eigenvalue weighted by molar-refractivity contribution is 6.35. The van der Waals surface area contributed by atoms with Gasteiger partial charge in [-0.05, 0) is 11.1 Å². The van der Waals surface area contributed by atoms with Gasteiger partial charge in [0.05, 0.1) is 0 Å². The molecule has 2 rings (SSSR count). The Labute approximate surface area is 140 Å². The molecule has 2 amide bonds. The van der Waals surface area contributed by atoms with Crippen molar-refractivity contribution < 1.29 is 9.59 Å². The van der Waals surface area contributed by atoms with Gasteiger partial charge in [0.15, 0.2) is 0 Å². The third kappa shape index (κ3) is 6.23. The average molecular weight is 322 g/mol. The van der Waals surface area contributed by atoms with Gasteiger partial charge in [-0.2, -0.15) is 10.2 Å². The van der Waals surface area contributed by atoms with Crippen molar-refractivity contribution in [1.82, 2.24) is 10.9 Å². The van der Waals surface area contributed by atoms with Crippen LogP contribution in [0.4, 0.5) is 0 Å². The first kappa shape index (κ1) is 17.1. The van der Waals surface area contributed by atoms with Gasteiger partial charge < -0.3 is 0 Å². The van der Waals surface area contributed by atoms with Crippen molar-refractivity contribution in [2.75, 3.05) is 0 Å². The minimum Gasteiger partial charge on any atom is -0.262 e. The number of nitrogens with zero attached hydrogens (tertiary/aromatic N) is 2. The van der Waals surface area contributed by atoms with Crippen LogP contribution in [0.15, 0.2) is 70.9 Å². The highest BCUT2D eigenvalue weighted by Gasteiger charge is 2.10. The minimum atomic E-state index is -0.865. The zero-order chi connectivity index (χ0) is 17.0. The summed E-state index contributed by atoms with van der Waals surface area (Å²) in [6.45, 7) is 0. The van der Waals surface area contributed by atoms with E-state index >= 15 is 0 Å². The quantitative estimate of drug-likeness (QED) is 0.482. The van der Waals surface area contributed by atoms with E-state index in [1.54, 1.807) is 0 Å². The molecule has 6 nitrogen and oxygen atoms in total. The van der Waals surface area contributed by atoms with E-state index in [9.17, 15) is 9.59 Å². The van der Waals surface area contributed by atoms with Crippen molar-refractivity contribution in [2.24, 2.45) is 10.2 Å². The Morgan fingerprint density at radius 1 is 0.708 bits per heavy atom. The molecule has 0 saturated carbocycles. The monoisotopic (exact) mass is 322 g/mol. The first-order chi connectivity index (χ1) is 11.8. The number of carbonyl (C=O) groups is 2. The molecule has 0 spiro atoms. The van der Waals surface area contributed by atoms with Crippen LogP contribution in [0.5, 0.6) is 0 Å². The van der Waals surface area contributed by atoms with Gasteiger partial charge in [-0.3, -0.25) is 9.59 Å². The first-order valence-electron chi connectivity index (χ1n) is 7.47. The van der Waals surface area contributed by atoms with Crippen molar-refractivity contribution in [2.45, 2.75) is 12.8 Å². The minimum absolute atomic E-state index is 0.567. The number of amides is 2. The zero-order valence-electron chi connectivity index (χ0n) is 13.1. The van der Waals surface area contributed by atoms with Crippen LogP contribution < -0.4 is 10.9 Å². The van der Waals surface area contributed by atoms with Gasteiger partial charge >= 0.3 is 11.8 Å². The molecule has 0 radical (unpaired) electrons. The molecule has 0 aromatic heterocycles. The Balaban J connectivity index is 1.67. The number of hydrogen-bond donors (Lipinski definition) is 2. The van der Waals surface area contributed by atoms with E-state index in [0.29, 0.717) is 12.8 Å². The number of hydrogen-bond acceptors (Lipinski definition) is 4. The number of rotatable bonds is 6. The number of carbonyl (C=O) groups excluding carboxylic acids is 2. The van der Waals surface area contributed by atoms with E-state index in [0.717, 1.165) is 11.1 Å². The molecule has 2 aromatic rings. The van der Waals surface area contributed by atoms with Crippen LogP contribution in [0, 0.1) is 0 Å². The molecule has 0 aliphatic carbocycles. The highest BCUT2D eigenvalue weighted by atomic mass is 16.2. The van der Waals surface area contributed by atoms with E-state index in [-0.39, 0.29) is 0 Å². The molecule has 24 heavy (non-hydrogen) atoms. The third-order valence-electron chi connectivity index (χ3n) is 3.06. The van der Waals surface area contributed by atoms with E-state index in [1.807, 2.05) is 60.7 Å². The van der Waals surface area contributed by atoms with E-state index in [2.05, 4.69) is 21.1 Å². The third-order valence-corrected chi connectivity index (χ3v) is 3.06. The lowest BCUT2D eigenvalue weighted by atomic mass is 10.2. The van der Waals surface area contributed by atoms with E-state index in [1.165, 1.54) is 12.4 Å². The molecule has 0 heterocycles. The summed E-state index contributed by atoms with van der Waals surface area (Å²) in [5.74, 6) is -1.73. The molecule has 6 heteroatoms. The molecular weight excluding hydrogens is 304 g/mol. The van der Waals surface area contributed by atoms with Crippen molar-refractivity contribution in [3.8, 4) is 0 Å². The summed E-state index contributed by atoms with van der Waals surface area (Å²) in [6.07, 6.45) is 4.19. The lowest BCUT2D eigenvalue weighted by Gasteiger charge is -1.98. The Kier molecular flexibility index (Phi) is 6.89. The second-order valence-corrected chi connectivity index (χ2v) is 4.88. The maximum atomic E-state index is 11.5. The van der Waals surface area contributed by atoms with E-state index < -0.39 is 11.8 Å². The van der Waals surface area contributed by atoms with E-state index in [4.69, 9.17) is 0 Å².